The van der Waals surface area contributed by atoms with Gasteiger partial charge in [0, 0.05) is 22.3 Å². The molecule has 0 amide bonds. The highest BCUT2D eigenvalue weighted by atomic mass is 16.5. The zero-order valence-electron chi connectivity index (χ0n) is 28.3. The van der Waals surface area contributed by atoms with Crippen LogP contribution in [0.15, 0.2) is 101 Å². The molecule has 1 aliphatic rings. The number of benzene rings is 3. The first-order valence-electron chi connectivity index (χ1n) is 16.3. The Morgan fingerprint density at radius 3 is 1.49 bits per heavy atom. The summed E-state index contributed by atoms with van der Waals surface area (Å²) in [6.45, 7) is 21.8. The normalized spacial score (nSPS) is 18.3. The number of hydrogen-bond acceptors (Lipinski definition) is 7. The Labute approximate surface area is 277 Å². The summed E-state index contributed by atoms with van der Waals surface area (Å²) in [5.74, 6) is 3.50. The van der Waals surface area contributed by atoms with Crippen LogP contribution in [0, 0.1) is 17.8 Å². The van der Waals surface area contributed by atoms with Crippen molar-refractivity contribution in [3.05, 3.63) is 103 Å². The highest BCUT2D eigenvalue weighted by Crippen LogP contribution is 2.39. The topological polar surface area (TPSA) is 87.1 Å². The summed E-state index contributed by atoms with van der Waals surface area (Å²) in [6, 6.07) is 22.3. The third kappa shape index (κ3) is 7.14. The van der Waals surface area contributed by atoms with E-state index >= 15 is 0 Å². The Balaban J connectivity index is 1.32. The van der Waals surface area contributed by atoms with Crippen molar-refractivity contribution in [3.8, 4) is 51.6 Å². The average Bonchev–Trinajstić information content (AvgIpc) is 3.83. The van der Waals surface area contributed by atoms with Crippen LogP contribution in [0.1, 0.15) is 65.5 Å². The summed E-state index contributed by atoms with van der Waals surface area (Å²) in [5.41, 5.74) is 5.70. The fraction of sp³-hybridized carbons (Fsp3) is 0.350. The van der Waals surface area contributed by atoms with E-state index in [1.165, 1.54) is 11.1 Å². The predicted octanol–water partition coefficient (Wildman–Crippen LogP) is 10.1. The van der Waals surface area contributed by atoms with E-state index in [9.17, 15) is 0 Å². The zero-order chi connectivity index (χ0) is 33.3. The number of rotatable bonds is 9. The summed E-state index contributed by atoms with van der Waals surface area (Å²) < 4.78 is 18.9. The minimum Gasteiger partial charge on any atom is -0.493 e. The molecule has 7 nitrogen and oxygen atoms in total. The van der Waals surface area contributed by atoms with Crippen LogP contribution in [-0.4, -0.2) is 27.0 Å². The molecule has 1 saturated carbocycles. The highest BCUT2D eigenvalue weighted by Gasteiger charge is 2.31. The molecule has 1 aliphatic carbocycles. The third-order valence-electron chi connectivity index (χ3n) is 9.13. The van der Waals surface area contributed by atoms with Crippen molar-refractivity contribution >= 4 is 0 Å². The van der Waals surface area contributed by atoms with Gasteiger partial charge in [0.2, 0.25) is 23.6 Å². The molecular formula is C40H44N4O3. The lowest BCUT2D eigenvalue weighted by atomic mass is 9.87. The van der Waals surface area contributed by atoms with Crippen LogP contribution in [0.2, 0.25) is 0 Å². The van der Waals surface area contributed by atoms with E-state index < -0.39 is 0 Å². The van der Waals surface area contributed by atoms with Gasteiger partial charge in [-0.05, 0) is 95.0 Å². The summed E-state index contributed by atoms with van der Waals surface area (Å²) in [4.78, 5) is 0. The van der Waals surface area contributed by atoms with E-state index in [-0.39, 0.29) is 10.8 Å². The zero-order valence-corrected chi connectivity index (χ0v) is 28.3. The van der Waals surface area contributed by atoms with Gasteiger partial charge < -0.3 is 13.6 Å². The van der Waals surface area contributed by atoms with Gasteiger partial charge in [0.15, 0.2) is 0 Å². The molecule has 1 fully saturated rings. The van der Waals surface area contributed by atoms with Crippen molar-refractivity contribution in [1.82, 2.24) is 20.4 Å². The second-order valence-corrected chi connectivity index (χ2v) is 14.7. The smallest absolute Gasteiger partial charge is 0.248 e. The van der Waals surface area contributed by atoms with Crippen LogP contribution in [0.3, 0.4) is 0 Å². The molecule has 7 heteroatoms. The molecule has 0 N–H and O–H groups in total. The molecule has 0 radical (unpaired) electrons. The van der Waals surface area contributed by atoms with Crippen LogP contribution >= 0.6 is 0 Å². The van der Waals surface area contributed by atoms with Crippen molar-refractivity contribution < 1.29 is 13.6 Å². The van der Waals surface area contributed by atoms with E-state index in [0.29, 0.717) is 64.8 Å². The standard InChI is InChI=1S/C40H44N4O3/c1-9-25-19-26(10-2)31(20-25)24-45-34-22-29(37-43-41-35(46-37)27-11-15-32(16-12-27)39(3,4)5)21-30(23-34)38-44-42-36(47-38)28-13-17-33(18-14-28)40(6,7)8/h9-18,21-23,25-26,31H,1-2,19-20,24H2,3-8H3. The van der Waals surface area contributed by atoms with Crippen molar-refractivity contribution in [1.29, 1.82) is 0 Å². The fourth-order valence-electron chi connectivity index (χ4n) is 6.15. The molecule has 47 heavy (non-hydrogen) atoms. The van der Waals surface area contributed by atoms with Crippen LogP contribution in [0.4, 0.5) is 0 Å². The van der Waals surface area contributed by atoms with Gasteiger partial charge >= 0.3 is 0 Å². The van der Waals surface area contributed by atoms with Crippen LogP contribution in [-0.2, 0) is 10.8 Å². The van der Waals surface area contributed by atoms with Gasteiger partial charge in [-0.3, -0.25) is 0 Å². The van der Waals surface area contributed by atoms with E-state index in [1.807, 2.05) is 54.6 Å². The Bertz CT molecular complexity index is 1740. The van der Waals surface area contributed by atoms with Crippen molar-refractivity contribution in [2.75, 3.05) is 6.61 Å². The quantitative estimate of drug-likeness (QED) is 0.150. The largest absolute Gasteiger partial charge is 0.493 e. The first-order valence-corrected chi connectivity index (χ1v) is 16.3. The average molecular weight is 629 g/mol. The fourth-order valence-corrected chi connectivity index (χ4v) is 6.15. The third-order valence-corrected chi connectivity index (χ3v) is 9.13. The van der Waals surface area contributed by atoms with Crippen LogP contribution in [0.25, 0.3) is 45.8 Å². The molecule has 6 rings (SSSR count). The first-order chi connectivity index (χ1) is 22.4. The van der Waals surface area contributed by atoms with Gasteiger partial charge in [0.05, 0.1) is 6.61 Å². The molecule has 242 valence electrons. The number of hydrogen-bond donors (Lipinski definition) is 0. The lowest BCUT2D eigenvalue weighted by molar-refractivity contribution is 0.230. The SMILES string of the molecule is C=CC1CC(C=C)C(COc2cc(-c3nnc(-c4ccc(C(C)(C)C)cc4)o3)cc(-c3nnc(-c4ccc(C(C)(C)C)cc4)o3)c2)C1. The van der Waals surface area contributed by atoms with Crippen molar-refractivity contribution in [2.45, 2.75) is 65.2 Å². The molecule has 2 aromatic heterocycles. The monoisotopic (exact) mass is 628 g/mol. The van der Waals surface area contributed by atoms with E-state index in [2.05, 4.69) is 99.4 Å². The lowest BCUT2D eigenvalue weighted by Crippen LogP contribution is -2.15. The van der Waals surface area contributed by atoms with Gasteiger partial charge in [-0.1, -0.05) is 78.0 Å². The number of nitrogens with zero attached hydrogens (tertiary/aromatic N) is 4. The molecule has 3 unspecified atom stereocenters. The van der Waals surface area contributed by atoms with Gasteiger partial charge in [-0.25, -0.2) is 0 Å². The molecule has 5 aromatic rings. The number of allylic oxidation sites excluding steroid dienone is 2. The second-order valence-electron chi connectivity index (χ2n) is 14.7. The number of ether oxygens (including phenoxy) is 1. The Hall–Kier alpha value is -4.78. The van der Waals surface area contributed by atoms with Crippen LogP contribution in [0.5, 0.6) is 5.75 Å². The summed E-state index contributed by atoms with van der Waals surface area (Å²) >= 11 is 0. The molecule has 3 atom stereocenters. The summed E-state index contributed by atoms with van der Waals surface area (Å²) in [5, 5.41) is 17.6. The second kappa shape index (κ2) is 12.8. The maximum Gasteiger partial charge on any atom is 0.248 e. The maximum atomic E-state index is 6.45. The first kappa shape index (κ1) is 32.2. The Morgan fingerprint density at radius 2 is 1.09 bits per heavy atom. The Kier molecular flexibility index (Phi) is 8.75. The number of aromatic nitrogens is 4. The highest BCUT2D eigenvalue weighted by molar-refractivity contribution is 5.69. The Morgan fingerprint density at radius 1 is 0.638 bits per heavy atom. The molecular weight excluding hydrogens is 584 g/mol. The maximum absolute atomic E-state index is 6.45. The summed E-state index contributed by atoms with van der Waals surface area (Å²) in [6.07, 6.45) is 6.16. The van der Waals surface area contributed by atoms with Crippen LogP contribution < -0.4 is 4.74 Å². The minimum atomic E-state index is 0.0522. The molecule has 3 aromatic carbocycles. The lowest BCUT2D eigenvalue weighted by Gasteiger charge is -2.18. The molecule has 2 heterocycles. The molecule has 0 saturated heterocycles. The molecule has 0 aliphatic heterocycles. The minimum absolute atomic E-state index is 0.0522. The van der Waals surface area contributed by atoms with Gasteiger partial charge in [0.1, 0.15) is 5.75 Å². The molecule has 0 spiro atoms. The summed E-state index contributed by atoms with van der Waals surface area (Å²) in [7, 11) is 0. The van der Waals surface area contributed by atoms with E-state index in [4.69, 9.17) is 13.6 Å². The van der Waals surface area contributed by atoms with Crippen molar-refractivity contribution in [3.63, 3.8) is 0 Å². The molecule has 0 bridgehead atoms. The van der Waals surface area contributed by atoms with Gasteiger partial charge in [-0.2, -0.15) is 0 Å². The predicted molar refractivity (Wildman–Crippen MR) is 187 cm³/mol. The van der Waals surface area contributed by atoms with Gasteiger partial charge in [-0.15, -0.1) is 33.6 Å². The van der Waals surface area contributed by atoms with Gasteiger partial charge in [0.25, 0.3) is 0 Å². The van der Waals surface area contributed by atoms with Crippen molar-refractivity contribution in [2.24, 2.45) is 17.8 Å². The van der Waals surface area contributed by atoms with E-state index in [0.717, 1.165) is 24.0 Å². The van der Waals surface area contributed by atoms with E-state index in [1.54, 1.807) is 0 Å².